The van der Waals surface area contributed by atoms with E-state index in [9.17, 15) is 0 Å². The molecule has 0 aliphatic heterocycles. The topological polar surface area (TPSA) is 0 Å². The second kappa shape index (κ2) is 7.29. The van der Waals surface area contributed by atoms with E-state index < -0.39 is 0 Å². The van der Waals surface area contributed by atoms with Crippen LogP contribution in [0.4, 0.5) is 0 Å². The van der Waals surface area contributed by atoms with E-state index in [1.165, 1.54) is 5.56 Å². The predicted molar refractivity (Wildman–Crippen MR) is 82.3 cm³/mol. The first-order valence-electron chi connectivity index (χ1n) is 6.15. The van der Waals surface area contributed by atoms with E-state index in [2.05, 4.69) is 44.9 Å². The van der Waals surface area contributed by atoms with Gasteiger partial charge in [-0.05, 0) is 28.7 Å². The lowest BCUT2D eigenvalue weighted by atomic mass is 9.92. The molecule has 1 aromatic rings. The van der Waals surface area contributed by atoms with E-state index in [4.69, 9.17) is 0 Å². The lowest BCUT2D eigenvalue weighted by Crippen LogP contribution is -1.91. The molecule has 0 amide bonds. The van der Waals surface area contributed by atoms with Crippen molar-refractivity contribution in [3.05, 3.63) is 91.1 Å². The minimum atomic E-state index is 0.974. The fourth-order valence-corrected chi connectivity index (χ4v) is 1.81. The van der Waals surface area contributed by atoms with E-state index >= 15 is 0 Å². The molecule has 0 heterocycles. The van der Waals surface area contributed by atoms with Gasteiger partial charge in [-0.15, -0.1) is 0 Å². The monoisotopic (exact) mass is 236 g/mol. The lowest BCUT2D eigenvalue weighted by molar-refractivity contribution is 1.22. The van der Waals surface area contributed by atoms with Gasteiger partial charge in [-0.2, -0.15) is 0 Å². The molecule has 0 saturated heterocycles. The third-order valence-corrected chi connectivity index (χ3v) is 2.68. The Morgan fingerprint density at radius 3 is 2.33 bits per heavy atom. The maximum Gasteiger partial charge on any atom is -0.0151 e. The van der Waals surface area contributed by atoms with Crippen LogP contribution >= 0.6 is 0 Å². The van der Waals surface area contributed by atoms with E-state index in [1.807, 2.05) is 30.4 Å². The third-order valence-electron chi connectivity index (χ3n) is 2.68. The molecule has 0 N–H and O–H groups in total. The summed E-state index contributed by atoms with van der Waals surface area (Å²) in [4.78, 5) is 0. The van der Waals surface area contributed by atoms with Gasteiger partial charge in [0.05, 0.1) is 0 Å². The van der Waals surface area contributed by atoms with Crippen LogP contribution in [0.1, 0.15) is 18.9 Å². The first kappa shape index (κ1) is 14.0. The number of benzene rings is 1. The Morgan fingerprint density at radius 2 is 1.83 bits per heavy atom. The van der Waals surface area contributed by atoms with Gasteiger partial charge in [-0.3, -0.25) is 0 Å². The molecule has 0 radical (unpaired) electrons. The zero-order chi connectivity index (χ0) is 13.4. The Labute approximate surface area is 110 Å². The first-order chi connectivity index (χ1) is 8.74. The normalized spacial score (nSPS) is 12.1. The van der Waals surface area contributed by atoms with Crippen LogP contribution in [0.25, 0.3) is 5.57 Å². The van der Waals surface area contributed by atoms with Crippen molar-refractivity contribution in [3.63, 3.8) is 0 Å². The summed E-state index contributed by atoms with van der Waals surface area (Å²) in [6.45, 7) is 13.9. The largest absolute Gasteiger partial charge is 0.0990 e. The highest BCUT2D eigenvalue weighted by atomic mass is 14.1. The van der Waals surface area contributed by atoms with Crippen molar-refractivity contribution < 1.29 is 0 Å². The summed E-state index contributed by atoms with van der Waals surface area (Å²) >= 11 is 0. The second-order valence-corrected chi connectivity index (χ2v) is 3.93. The zero-order valence-electron chi connectivity index (χ0n) is 11.0. The van der Waals surface area contributed by atoms with Crippen LogP contribution in [-0.2, 0) is 0 Å². The summed E-state index contributed by atoms with van der Waals surface area (Å²) in [5, 5.41) is 0. The summed E-state index contributed by atoms with van der Waals surface area (Å²) in [5.74, 6) is 0. The van der Waals surface area contributed by atoms with Crippen molar-refractivity contribution in [2.24, 2.45) is 0 Å². The van der Waals surface area contributed by atoms with Crippen LogP contribution in [0.2, 0.25) is 0 Å². The van der Waals surface area contributed by atoms with Gasteiger partial charge in [-0.25, -0.2) is 0 Å². The molecule has 0 aliphatic rings. The van der Waals surface area contributed by atoms with Crippen LogP contribution in [-0.4, -0.2) is 0 Å². The van der Waals surface area contributed by atoms with Gasteiger partial charge in [0.2, 0.25) is 0 Å². The highest BCUT2D eigenvalue weighted by Gasteiger charge is 2.07. The summed E-state index contributed by atoms with van der Waals surface area (Å²) in [6.07, 6.45) is 8.68. The molecule has 0 nitrogen and oxygen atoms in total. The fourth-order valence-electron chi connectivity index (χ4n) is 1.81. The van der Waals surface area contributed by atoms with Gasteiger partial charge in [-0.1, -0.05) is 81.3 Å². The van der Waals surface area contributed by atoms with Gasteiger partial charge in [0, 0.05) is 0 Å². The summed E-state index contributed by atoms with van der Waals surface area (Å²) in [7, 11) is 0. The van der Waals surface area contributed by atoms with Crippen LogP contribution in [0.5, 0.6) is 0 Å². The van der Waals surface area contributed by atoms with E-state index in [1.54, 1.807) is 6.08 Å². The Kier molecular flexibility index (Phi) is 5.66. The standard InChI is InChI=1S/C18H20/c1-5-11-16(7-3)15(4)18(12-6-2)17-13-9-8-10-14-17/h5,7-14H,1,3-4,6H2,2H3/b16-11+,18-12-. The van der Waals surface area contributed by atoms with E-state index in [0.29, 0.717) is 0 Å². The maximum atomic E-state index is 4.18. The molecule has 0 spiro atoms. The van der Waals surface area contributed by atoms with E-state index in [0.717, 1.165) is 23.1 Å². The van der Waals surface area contributed by atoms with Crippen molar-refractivity contribution in [2.45, 2.75) is 13.3 Å². The molecule has 0 aliphatic carbocycles. The van der Waals surface area contributed by atoms with Crippen LogP contribution in [0.3, 0.4) is 0 Å². The van der Waals surface area contributed by atoms with Gasteiger partial charge < -0.3 is 0 Å². The molecule has 18 heavy (non-hydrogen) atoms. The molecule has 0 heteroatoms. The average Bonchev–Trinajstić information content (AvgIpc) is 2.42. The van der Waals surface area contributed by atoms with Crippen molar-refractivity contribution in [2.75, 3.05) is 0 Å². The molecule has 1 aromatic carbocycles. The van der Waals surface area contributed by atoms with Crippen molar-refractivity contribution in [1.29, 1.82) is 0 Å². The Balaban J connectivity index is 3.19. The molecule has 0 aromatic heterocycles. The molecule has 92 valence electrons. The Morgan fingerprint density at radius 1 is 1.17 bits per heavy atom. The Bertz CT molecular complexity index is 484. The smallest absolute Gasteiger partial charge is 0.0151 e. The minimum Gasteiger partial charge on any atom is -0.0990 e. The second-order valence-electron chi connectivity index (χ2n) is 3.93. The first-order valence-corrected chi connectivity index (χ1v) is 6.15. The van der Waals surface area contributed by atoms with Gasteiger partial charge in [0.25, 0.3) is 0 Å². The summed E-state index contributed by atoms with van der Waals surface area (Å²) < 4.78 is 0. The number of rotatable bonds is 6. The minimum absolute atomic E-state index is 0.974. The number of hydrogen-bond acceptors (Lipinski definition) is 0. The third kappa shape index (κ3) is 3.46. The molecule has 0 saturated carbocycles. The molecule has 0 bridgehead atoms. The van der Waals surface area contributed by atoms with Gasteiger partial charge in [0.15, 0.2) is 0 Å². The van der Waals surface area contributed by atoms with Crippen molar-refractivity contribution in [3.8, 4) is 0 Å². The molecule has 0 fully saturated rings. The van der Waals surface area contributed by atoms with Crippen LogP contribution < -0.4 is 0 Å². The van der Waals surface area contributed by atoms with Gasteiger partial charge >= 0.3 is 0 Å². The highest BCUT2D eigenvalue weighted by Crippen LogP contribution is 2.28. The fraction of sp³-hybridized carbons (Fsp3) is 0.111. The number of allylic oxidation sites excluding steroid dienone is 7. The lowest BCUT2D eigenvalue weighted by Gasteiger charge is -2.12. The average molecular weight is 236 g/mol. The van der Waals surface area contributed by atoms with Gasteiger partial charge in [0.1, 0.15) is 0 Å². The van der Waals surface area contributed by atoms with Crippen LogP contribution in [0.15, 0.2) is 85.5 Å². The summed E-state index contributed by atoms with van der Waals surface area (Å²) in [6, 6.07) is 10.3. The SMILES string of the molecule is C=C/C=C(\C=C)C(=C)/C(=C/CC)c1ccccc1. The van der Waals surface area contributed by atoms with E-state index in [-0.39, 0.29) is 0 Å². The maximum absolute atomic E-state index is 4.18. The molecular weight excluding hydrogens is 216 g/mol. The predicted octanol–water partition coefficient (Wildman–Crippen LogP) is 5.33. The molecular formula is C18H20. The van der Waals surface area contributed by atoms with Crippen molar-refractivity contribution in [1.82, 2.24) is 0 Å². The molecule has 0 unspecified atom stereocenters. The van der Waals surface area contributed by atoms with Crippen molar-refractivity contribution >= 4 is 5.57 Å². The zero-order valence-corrected chi connectivity index (χ0v) is 11.0. The highest BCUT2D eigenvalue weighted by molar-refractivity contribution is 5.84. The quantitative estimate of drug-likeness (QED) is 0.585. The summed E-state index contributed by atoms with van der Waals surface area (Å²) in [5.41, 5.74) is 4.33. The number of hydrogen-bond donors (Lipinski definition) is 0. The molecule has 1 rings (SSSR count). The Hall–Kier alpha value is -2.08. The molecule has 0 atom stereocenters. The van der Waals surface area contributed by atoms with Crippen LogP contribution in [0, 0.1) is 0 Å².